The van der Waals surface area contributed by atoms with Crippen molar-refractivity contribution in [3.05, 3.63) is 52.8 Å². The van der Waals surface area contributed by atoms with Gasteiger partial charge in [-0.15, -0.1) is 0 Å². The van der Waals surface area contributed by atoms with Gasteiger partial charge in [0.2, 0.25) is 0 Å². The Bertz CT molecular complexity index is 607. The first kappa shape index (κ1) is 15.6. The summed E-state index contributed by atoms with van der Waals surface area (Å²) in [5.74, 6) is 0.495. The van der Waals surface area contributed by atoms with E-state index < -0.39 is 0 Å². The van der Waals surface area contributed by atoms with E-state index >= 15 is 0 Å². The zero-order valence-electron chi connectivity index (χ0n) is 12.3. The Morgan fingerprint density at radius 1 is 1.38 bits per heavy atom. The molecule has 1 amide bonds. The highest BCUT2D eigenvalue weighted by molar-refractivity contribution is 6.31. The SMILES string of the molecule is CC(C)CCNC(=O)c1cnn(Cc2ccccc2Cl)c1. The monoisotopic (exact) mass is 305 g/mol. The number of hydrogen-bond acceptors (Lipinski definition) is 2. The number of benzene rings is 1. The molecule has 0 unspecified atom stereocenters. The molecule has 0 spiro atoms. The molecule has 21 heavy (non-hydrogen) atoms. The van der Waals surface area contributed by atoms with Crippen LogP contribution in [0.2, 0.25) is 5.02 Å². The minimum absolute atomic E-state index is 0.0824. The van der Waals surface area contributed by atoms with Gasteiger partial charge in [-0.05, 0) is 24.0 Å². The highest BCUT2D eigenvalue weighted by Gasteiger charge is 2.09. The molecule has 2 rings (SSSR count). The summed E-state index contributed by atoms with van der Waals surface area (Å²) >= 11 is 6.12. The van der Waals surface area contributed by atoms with Crippen LogP contribution < -0.4 is 5.32 Å². The Morgan fingerprint density at radius 2 is 2.14 bits per heavy atom. The summed E-state index contributed by atoms with van der Waals surface area (Å²) in [4.78, 5) is 12.0. The molecular formula is C16H20ClN3O. The summed E-state index contributed by atoms with van der Waals surface area (Å²) in [6, 6.07) is 7.62. The number of carbonyl (C=O) groups is 1. The van der Waals surface area contributed by atoms with Crippen LogP contribution in [0.4, 0.5) is 0 Å². The van der Waals surface area contributed by atoms with Gasteiger partial charge in [0.25, 0.3) is 5.91 Å². The van der Waals surface area contributed by atoms with E-state index in [4.69, 9.17) is 11.6 Å². The molecule has 0 fully saturated rings. The molecule has 4 nitrogen and oxygen atoms in total. The van der Waals surface area contributed by atoms with E-state index in [-0.39, 0.29) is 5.91 Å². The van der Waals surface area contributed by atoms with Crippen LogP contribution in [-0.4, -0.2) is 22.2 Å². The molecule has 0 aliphatic heterocycles. The molecule has 2 aromatic rings. The maximum Gasteiger partial charge on any atom is 0.254 e. The van der Waals surface area contributed by atoms with Crippen molar-refractivity contribution in [3.63, 3.8) is 0 Å². The average Bonchev–Trinajstić information content (AvgIpc) is 2.89. The summed E-state index contributed by atoms with van der Waals surface area (Å²) in [6.45, 7) is 5.51. The molecule has 1 aromatic carbocycles. The maximum atomic E-state index is 12.0. The number of rotatable bonds is 6. The Labute approximate surface area is 130 Å². The predicted octanol–water partition coefficient (Wildman–Crippen LogP) is 3.36. The number of amides is 1. The van der Waals surface area contributed by atoms with Crippen molar-refractivity contribution in [3.8, 4) is 0 Å². The van der Waals surface area contributed by atoms with Gasteiger partial charge in [-0.25, -0.2) is 0 Å². The van der Waals surface area contributed by atoms with Crippen molar-refractivity contribution in [1.29, 1.82) is 0 Å². The normalized spacial score (nSPS) is 10.9. The molecule has 0 saturated carbocycles. The van der Waals surface area contributed by atoms with Crippen LogP contribution in [0.3, 0.4) is 0 Å². The summed E-state index contributed by atoms with van der Waals surface area (Å²) in [6.07, 6.45) is 4.30. The third-order valence-corrected chi connectivity index (χ3v) is 3.56. The molecule has 0 aliphatic carbocycles. The number of aromatic nitrogens is 2. The zero-order chi connectivity index (χ0) is 15.2. The Morgan fingerprint density at radius 3 is 2.86 bits per heavy atom. The van der Waals surface area contributed by atoms with E-state index in [9.17, 15) is 4.79 Å². The molecule has 0 saturated heterocycles. The molecule has 112 valence electrons. The lowest BCUT2D eigenvalue weighted by Crippen LogP contribution is -2.24. The van der Waals surface area contributed by atoms with Crippen LogP contribution >= 0.6 is 11.6 Å². The van der Waals surface area contributed by atoms with E-state index in [1.165, 1.54) is 0 Å². The number of halogens is 1. The summed E-state index contributed by atoms with van der Waals surface area (Å²) in [5, 5.41) is 7.82. The van der Waals surface area contributed by atoms with Gasteiger partial charge in [-0.3, -0.25) is 9.48 Å². The number of nitrogens with zero attached hydrogens (tertiary/aromatic N) is 2. The molecule has 5 heteroatoms. The third-order valence-electron chi connectivity index (χ3n) is 3.19. The van der Waals surface area contributed by atoms with Crippen molar-refractivity contribution >= 4 is 17.5 Å². The second-order valence-electron chi connectivity index (χ2n) is 5.46. The van der Waals surface area contributed by atoms with Gasteiger partial charge in [0.05, 0.1) is 18.3 Å². The van der Waals surface area contributed by atoms with E-state index in [1.54, 1.807) is 17.1 Å². The largest absolute Gasteiger partial charge is 0.352 e. The quantitative estimate of drug-likeness (QED) is 0.889. The van der Waals surface area contributed by atoms with Gasteiger partial charge in [0.1, 0.15) is 0 Å². The van der Waals surface area contributed by atoms with Crippen LogP contribution in [-0.2, 0) is 6.54 Å². The first-order valence-corrected chi connectivity index (χ1v) is 7.48. The Hall–Kier alpha value is -1.81. The van der Waals surface area contributed by atoms with E-state index in [2.05, 4.69) is 24.3 Å². The van der Waals surface area contributed by atoms with Crippen molar-refractivity contribution in [2.45, 2.75) is 26.8 Å². The fourth-order valence-electron chi connectivity index (χ4n) is 1.94. The molecule has 0 bridgehead atoms. The van der Waals surface area contributed by atoms with E-state index in [1.807, 2.05) is 24.3 Å². The second kappa shape index (κ2) is 7.27. The minimum Gasteiger partial charge on any atom is -0.352 e. The first-order chi connectivity index (χ1) is 10.1. The zero-order valence-corrected chi connectivity index (χ0v) is 13.1. The summed E-state index contributed by atoms with van der Waals surface area (Å²) in [7, 11) is 0. The van der Waals surface area contributed by atoms with Gasteiger partial charge in [-0.1, -0.05) is 43.6 Å². The Kier molecular flexibility index (Phi) is 5.39. The van der Waals surface area contributed by atoms with Crippen LogP contribution in [0.1, 0.15) is 36.2 Å². The van der Waals surface area contributed by atoms with Gasteiger partial charge >= 0.3 is 0 Å². The molecule has 0 aliphatic rings. The summed E-state index contributed by atoms with van der Waals surface area (Å²) < 4.78 is 1.72. The minimum atomic E-state index is -0.0824. The van der Waals surface area contributed by atoms with Crippen molar-refractivity contribution in [2.24, 2.45) is 5.92 Å². The predicted molar refractivity (Wildman–Crippen MR) is 84.6 cm³/mol. The van der Waals surface area contributed by atoms with Crippen molar-refractivity contribution < 1.29 is 4.79 Å². The van der Waals surface area contributed by atoms with Gasteiger partial charge in [-0.2, -0.15) is 5.10 Å². The van der Waals surface area contributed by atoms with Crippen LogP contribution in [0.15, 0.2) is 36.7 Å². The van der Waals surface area contributed by atoms with Crippen LogP contribution in [0.25, 0.3) is 0 Å². The first-order valence-electron chi connectivity index (χ1n) is 7.10. The van der Waals surface area contributed by atoms with Crippen molar-refractivity contribution in [2.75, 3.05) is 6.54 Å². The lowest BCUT2D eigenvalue weighted by Gasteiger charge is -2.06. The summed E-state index contributed by atoms with van der Waals surface area (Å²) in [5.41, 5.74) is 1.56. The molecule has 0 atom stereocenters. The standard InChI is InChI=1S/C16H20ClN3O/c1-12(2)7-8-18-16(21)14-9-19-20(11-14)10-13-5-3-4-6-15(13)17/h3-6,9,11-12H,7-8,10H2,1-2H3,(H,18,21). The molecule has 1 aromatic heterocycles. The topological polar surface area (TPSA) is 46.9 Å². The molecule has 1 heterocycles. The van der Waals surface area contributed by atoms with Gasteiger partial charge in [0.15, 0.2) is 0 Å². The van der Waals surface area contributed by atoms with Gasteiger partial charge in [0, 0.05) is 17.8 Å². The molecule has 0 radical (unpaired) electrons. The fraction of sp³-hybridized carbons (Fsp3) is 0.375. The number of carbonyl (C=O) groups excluding carboxylic acids is 1. The highest BCUT2D eigenvalue weighted by atomic mass is 35.5. The van der Waals surface area contributed by atoms with E-state index in [0.29, 0.717) is 29.6 Å². The lowest BCUT2D eigenvalue weighted by molar-refractivity contribution is 0.0952. The van der Waals surface area contributed by atoms with Gasteiger partial charge < -0.3 is 5.32 Å². The lowest BCUT2D eigenvalue weighted by atomic mass is 10.1. The Balaban J connectivity index is 1.95. The van der Waals surface area contributed by atoms with E-state index in [0.717, 1.165) is 12.0 Å². The smallest absolute Gasteiger partial charge is 0.254 e. The number of hydrogen-bond donors (Lipinski definition) is 1. The number of nitrogens with one attached hydrogen (secondary N) is 1. The maximum absolute atomic E-state index is 12.0. The van der Waals surface area contributed by atoms with Crippen LogP contribution in [0.5, 0.6) is 0 Å². The third kappa shape index (κ3) is 4.60. The second-order valence-corrected chi connectivity index (χ2v) is 5.86. The van der Waals surface area contributed by atoms with Crippen LogP contribution in [0, 0.1) is 5.92 Å². The van der Waals surface area contributed by atoms with Crippen molar-refractivity contribution in [1.82, 2.24) is 15.1 Å². The average molecular weight is 306 g/mol. The fourth-order valence-corrected chi connectivity index (χ4v) is 2.14. The highest BCUT2D eigenvalue weighted by Crippen LogP contribution is 2.16. The molecular weight excluding hydrogens is 286 g/mol. The molecule has 1 N–H and O–H groups in total.